The van der Waals surface area contributed by atoms with Crippen molar-refractivity contribution in [2.24, 2.45) is 0 Å². The lowest BCUT2D eigenvalue weighted by Gasteiger charge is -2.20. The maximum atomic E-state index is 12.0. The first-order valence-corrected chi connectivity index (χ1v) is 6.54. The number of benzene rings is 1. The van der Waals surface area contributed by atoms with E-state index >= 15 is 0 Å². The Kier molecular flexibility index (Phi) is 3.22. The molecule has 2 rings (SSSR count). The van der Waals surface area contributed by atoms with Crippen molar-refractivity contribution in [1.82, 2.24) is 5.32 Å². The van der Waals surface area contributed by atoms with E-state index in [9.17, 15) is 9.59 Å². The highest BCUT2D eigenvalue weighted by atomic mass is 32.1. The molecule has 94 valence electrons. The largest absolute Gasteiger partial charge is 0.347 e. The maximum Gasteiger partial charge on any atom is 0.261 e. The summed E-state index contributed by atoms with van der Waals surface area (Å²) in [5, 5.41) is 4.33. The van der Waals surface area contributed by atoms with Crippen LogP contribution >= 0.6 is 11.3 Å². The molecule has 0 atom stereocenters. The van der Waals surface area contributed by atoms with Gasteiger partial charge in [0.15, 0.2) is 0 Å². The normalized spacial score (nSPS) is 11.5. The second kappa shape index (κ2) is 4.53. The fourth-order valence-electron chi connectivity index (χ4n) is 1.65. The van der Waals surface area contributed by atoms with Crippen molar-refractivity contribution in [1.29, 1.82) is 0 Å². The monoisotopic (exact) mass is 261 g/mol. The van der Waals surface area contributed by atoms with Crippen LogP contribution in [-0.4, -0.2) is 11.4 Å². The lowest BCUT2D eigenvalue weighted by atomic mass is 10.1. The molecule has 0 radical (unpaired) electrons. The van der Waals surface area contributed by atoms with Gasteiger partial charge < -0.3 is 5.32 Å². The lowest BCUT2D eigenvalue weighted by Crippen LogP contribution is -2.40. The third-order valence-electron chi connectivity index (χ3n) is 2.38. The van der Waals surface area contributed by atoms with E-state index in [-0.39, 0.29) is 16.2 Å². The third kappa shape index (κ3) is 2.76. The van der Waals surface area contributed by atoms with Crippen LogP contribution in [0.1, 0.15) is 30.4 Å². The van der Waals surface area contributed by atoms with Crippen LogP contribution in [-0.2, 0) is 0 Å². The molecule has 4 heteroatoms. The van der Waals surface area contributed by atoms with Gasteiger partial charge in [-0.25, -0.2) is 0 Å². The van der Waals surface area contributed by atoms with E-state index in [0.29, 0.717) is 10.3 Å². The van der Waals surface area contributed by atoms with Crippen molar-refractivity contribution < 1.29 is 4.79 Å². The Morgan fingerprint density at radius 1 is 1.22 bits per heavy atom. The van der Waals surface area contributed by atoms with E-state index in [1.165, 1.54) is 0 Å². The number of carbonyl (C=O) groups excluding carboxylic acids is 1. The molecular formula is C14H15NO2S. The van der Waals surface area contributed by atoms with Crippen molar-refractivity contribution in [3.05, 3.63) is 44.7 Å². The number of hydrogen-bond acceptors (Lipinski definition) is 3. The molecule has 0 unspecified atom stereocenters. The second-order valence-corrected chi connectivity index (χ2v) is 6.20. The highest BCUT2D eigenvalue weighted by Gasteiger charge is 2.16. The molecule has 0 aliphatic carbocycles. The zero-order valence-electron chi connectivity index (χ0n) is 10.6. The summed E-state index contributed by atoms with van der Waals surface area (Å²) in [4.78, 5) is 24.4. The average Bonchev–Trinajstić information content (AvgIpc) is 2.26. The standard InChI is InChI=1S/C14H15NO2S/c1-14(2,3)15-12(16)11-8-9-6-4-5-7-10(9)13(17)18-11/h4-8H,1-3H3,(H,15,16). The molecule has 0 spiro atoms. The van der Waals surface area contributed by atoms with E-state index in [1.807, 2.05) is 39.0 Å². The highest BCUT2D eigenvalue weighted by Crippen LogP contribution is 2.15. The predicted molar refractivity (Wildman–Crippen MR) is 75.3 cm³/mol. The number of rotatable bonds is 1. The minimum absolute atomic E-state index is 0.0767. The van der Waals surface area contributed by atoms with Crippen LogP contribution in [0.2, 0.25) is 0 Å². The van der Waals surface area contributed by atoms with Gasteiger partial charge in [0.25, 0.3) is 5.91 Å². The summed E-state index contributed by atoms with van der Waals surface area (Å²) in [6, 6.07) is 9.07. The van der Waals surface area contributed by atoms with E-state index < -0.39 is 0 Å². The molecule has 1 amide bonds. The molecule has 2 aromatic rings. The molecule has 1 heterocycles. The average molecular weight is 261 g/mol. The summed E-state index contributed by atoms with van der Waals surface area (Å²) in [6.07, 6.45) is 0. The van der Waals surface area contributed by atoms with Crippen molar-refractivity contribution in [3.63, 3.8) is 0 Å². The number of amides is 1. The van der Waals surface area contributed by atoms with Crippen LogP contribution in [0.15, 0.2) is 35.1 Å². The molecule has 0 bridgehead atoms. The number of carbonyl (C=O) groups is 1. The minimum atomic E-state index is -0.307. The highest BCUT2D eigenvalue weighted by molar-refractivity contribution is 7.12. The minimum Gasteiger partial charge on any atom is -0.347 e. The Labute approximate surface area is 109 Å². The molecule has 1 aromatic carbocycles. The van der Waals surface area contributed by atoms with Crippen LogP contribution in [0.25, 0.3) is 10.8 Å². The molecule has 0 saturated carbocycles. The van der Waals surface area contributed by atoms with Gasteiger partial charge in [0.1, 0.15) is 0 Å². The molecule has 1 aromatic heterocycles. The van der Waals surface area contributed by atoms with Crippen molar-refractivity contribution >= 4 is 28.0 Å². The Morgan fingerprint density at radius 3 is 2.56 bits per heavy atom. The zero-order chi connectivity index (χ0) is 13.3. The first kappa shape index (κ1) is 12.8. The molecule has 0 aliphatic heterocycles. The Hall–Kier alpha value is -1.68. The topological polar surface area (TPSA) is 46.2 Å². The molecule has 1 N–H and O–H groups in total. The van der Waals surface area contributed by atoms with Gasteiger partial charge in [0, 0.05) is 10.9 Å². The lowest BCUT2D eigenvalue weighted by molar-refractivity contribution is 0.0923. The third-order valence-corrected chi connectivity index (χ3v) is 3.31. The second-order valence-electron chi connectivity index (χ2n) is 5.19. The number of nitrogens with one attached hydrogen (secondary N) is 1. The molecule has 18 heavy (non-hydrogen) atoms. The molecule has 3 nitrogen and oxygen atoms in total. The Balaban J connectivity index is 2.47. The van der Waals surface area contributed by atoms with Gasteiger partial charge in [-0.2, -0.15) is 0 Å². The van der Waals surface area contributed by atoms with Gasteiger partial charge in [0.2, 0.25) is 4.74 Å². The Morgan fingerprint density at radius 2 is 1.89 bits per heavy atom. The summed E-state index contributed by atoms with van der Waals surface area (Å²) < 4.78 is -0.0767. The summed E-state index contributed by atoms with van der Waals surface area (Å²) in [7, 11) is 0. The van der Waals surface area contributed by atoms with Gasteiger partial charge in [-0.1, -0.05) is 29.5 Å². The van der Waals surface area contributed by atoms with Gasteiger partial charge in [-0.05, 0) is 38.3 Å². The Bertz CT molecular complexity index is 653. The smallest absolute Gasteiger partial charge is 0.261 e. The zero-order valence-corrected chi connectivity index (χ0v) is 11.4. The SMILES string of the molecule is CC(C)(C)NC(=O)c1cc2ccccc2c(=O)s1. The van der Waals surface area contributed by atoms with E-state index in [4.69, 9.17) is 0 Å². The van der Waals surface area contributed by atoms with Gasteiger partial charge >= 0.3 is 0 Å². The summed E-state index contributed by atoms with van der Waals surface area (Å²) >= 11 is 0.988. The summed E-state index contributed by atoms with van der Waals surface area (Å²) in [6.45, 7) is 5.73. The fraction of sp³-hybridized carbons (Fsp3) is 0.286. The maximum absolute atomic E-state index is 12.0. The van der Waals surface area contributed by atoms with Crippen LogP contribution in [0.5, 0.6) is 0 Å². The van der Waals surface area contributed by atoms with Crippen molar-refractivity contribution in [2.75, 3.05) is 0 Å². The van der Waals surface area contributed by atoms with E-state index in [0.717, 1.165) is 16.7 Å². The van der Waals surface area contributed by atoms with Crippen LogP contribution in [0, 0.1) is 0 Å². The van der Waals surface area contributed by atoms with Crippen molar-refractivity contribution in [2.45, 2.75) is 26.3 Å². The van der Waals surface area contributed by atoms with Crippen LogP contribution in [0.3, 0.4) is 0 Å². The molecule has 0 aliphatic rings. The molecule has 0 fully saturated rings. The summed E-state index contributed by atoms with van der Waals surface area (Å²) in [5.41, 5.74) is -0.307. The van der Waals surface area contributed by atoms with Crippen LogP contribution < -0.4 is 10.1 Å². The predicted octanol–water partition coefficient (Wildman–Crippen LogP) is 2.79. The number of fused-ring (bicyclic) bond motifs is 1. The summed E-state index contributed by atoms with van der Waals surface area (Å²) in [5.74, 6) is -0.199. The first-order chi connectivity index (χ1) is 8.37. The quantitative estimate of drug-likeness (QED) is 0.858. The fourth-order valence-corrected chi connectivity index (χ4v) is 2.47. The molecular weight excluding hydrogens is 246 g/mol. The van der Waals surface area contributed by atoms with Crippen LogP contribution in [0.4, 0.5) is 0 Å². The first-order valence-electron chi connectivity index (χ1n) is 5.72. The van der Waals surface area contributed by atoms with Gasteiger partial charge in [-0.15, -0.1) is 0 Å². The number of hydrogen-bond donors (Lipinski definition) is 1. The van der Waals surface area contributed by atoms with E-state index in [1.54, 1.807) is 12.1 Å². The van der Waals surface area contributed by atoms with E-state index in [2.05, 4.69) is 5.32 Å². The molecule has 0 saturated heterocycles. The van der Waals surface area contributed by atoms with Crippen molar-refractivity contribution in [3.8, 4) is 0 Å². The van der Waals surface area contributed by atoms with Gasteiger partial charge in [0.05, 0.1) is 4.88 Å². The van der Waals surface area contributed by atoms with Gasteiger partial charge in [-0.3, -0.25) is 9.59 Å².